The van der Waals surface area contributed by atoms with E-state index in [0.29, 0.717) is 13.2 Å². The van der Waals surface area contributed by atoms with Gasteiger partial charge < -0.3 is 19.4 Å². The molecule has 6 heteroatoms. The Labute approximate surface area is 176 Å². The van der Waals surface area contributed by atoms with E-state index < -0.39 is 0 Å². The van der Waals surface area contributed by atoms with E-state index in [1.807, 2.05) is 50.8 Å². The van der Waals surface area contributed by atoms with Crippen LogP contribution in [0.2, 0.25) is 0 Å². The minimum atomic E-state index is 0.573. The fourth-order valence-corrected chi connectivity index (χ4v) is 3.51. The van der Waals surface area contributed by atoms with Gasteiger partial charge in [0.25, 0.3) is 0 Å². The molecule has 2 heterocycles. The van der Waals surface area contributed by atoms with Crippen molar-refractivity contribution in [3.8, 4) is 11.5 Å². The van der Waals surface area contributed by atoms with Gasteiger partial charge in [-0.2, -0.15) is 0 Å². The molecule has 0 spiro atoms. The van der Waals surface area contributed by atoms with Crippen LogP contribution in [0.25, 0.3) is 10.9 Å². The average molecular weight is 402 g/mol. The molecule has 2 aromatic heterocycles. The lowest BCUT2D eigenvalue weighted by atomic mass is 10.1. The first kappa shape index (κ1) is 19.8. The molecule has 0 amide bonds. The normalized spacial score (nSPS) is 10.9. The van der Waals surface area contributed by atoms with Gasteiger partial charge in [0.1, 0.15) is 0 Å². The molecule has 0 radical (unpaired) electrons. The molecule has 154 valence electrons. The van der Waals surface area contributed by atoms with Crippen molar-refractivity contribution in [2.24, 2.45) is 0 Å². The zero-order chi connectivity index (χ0) is 20.9. The Morgan fingerprint density at radius 2 is 1.77 bits per heavy atom. The highest BCUT2D eigenvalue weighted by atomic mass is 16.5. The first-order valence-electron chi connectivity index (χ1n) is 10.2. The molecule has 6 nitrogen and oxygen atoms in total. The van der Waals surface area contributed by atoms with Gasteiger partial charge in [-0.3, -0.25) is 4.98 Å². The summed E-state index contributed by atoms with van der Waals surface area (Å²) in [7, 11) is 0. The summed E-state index contributed by atoms with van der Waals surface area (Å²) in [6, 6.07) is 12.2. The van der Waals surface area contributed by atoms with Crippen molar-refractivity contribution in [3.05, 3.63) is 72.4 Å². The molecule has 0 aliphatic carbocycles. The SMILES string of the molecule is CCOc1cc2nccc(Nc3cccc(Cn4ccnc4)c3C)c2cc1OCC. The lowest BCUT2D eigenvalue weighted by molar-refractivity contribution is 0.288. The zero-order valence-electron chi connectivity index (χ0n) is 17.6. The van der Waals surface area contributed by atoms with Gasteiger partial charge in [0.15, 0.2) is 11.5 Å². The summed E-state index contributed by atoms with van der Waals surface area (Å²) in [5, 5.41) is 4.58. The minimum absolute atomic E-state index is 0.573. The van der Waals surface area contributed by atoms with E-state index in [1.165, 1.54) is 11.1 Å². The van der Waals surface area contributed by atoms with Crippen LogP contribution in [0.5, 0.6) is 11.5 Å². The van der Waals surface area contributed by atoms with Crippen molar-refractivity contribution in [3.63, 3.8) is 0 Å². The molecular formula is C24H26N4O2. The van der Waals surface area contributed by atoms with Crippen LogP contribution in [0.1, 0.15) is 25.0 Å². The molecule has 4 aromatic rings. The molecule has 2 aromatic carbocycles. The van der Waals surface area contributed by atoms with Crippen LogP contribution in [0, 0.1) is 6.92 Å². The molecule has 0 bridgehead atoms. The highest BCUT2D eigenvalue weighted by Gasteiger charge is 2.12. The highest BCUT2D eigenvalue weighted by molar-refractivity contribution is 5.95. The largest absolute Gasteiger partial charge is 0.490 e. The predicted molar refractivity (Wildman–Crippen MR) is 120 cm³/mol. The maximum absolute atomic E-state index is 5.82. The summed E-state index contributed by atoms with van der Waals surface area (Å²) < 4.78 is 13.6. The molecule has 0 aliphatic rings. The van der Waals surface area contributed by atoms with E-state index in [9.17, 15) is 0 Å². The molecule has 0 unspecified atom stereocenters. The second-order valence-corrected chi connectivity index (χ2v) is 6.99. The lowest BCUT2D eigenvalue weighted by Gasteiger charge is -2.17. The van der Waals surface area contributed by atoms with Crippen molar-refractivity contribution in [1.29, 1.82) is 0 Å². The van der Waals surface area contributed by atoms with Gasteiger partial charge in [0.2, 0.25) is 0 Å². The van der Waals surface area contributed by atoms with Crippen molar-refractivity contribution < 1.29 is 9.47 Å². The topological polar surface area (TPSA) is 61.2 Å². The Morgan fingerprint density at radius 1 is 0.967 bits per heavy atom. The molecule has 30 heavy (non-hydrogen) atoms. The van der Waals surface area contributed by atoms with Crippen LogP contribution in [-0.2, 0) is 6.54 Å². The predicted octanol–water partition coefficient (Wildman–Crippen LogP) is 5.33. The molecule has 0 fully saturated rings. The van der Waals surface area contributed by atoms with Crippen LogP contribution in [-0.4, -0.2) is 27.7 Å². The first-order valence-corrected chi connectivity index (χ1v) is 10.2. The third-order valence-electron chi connectivity index (χ3n) is 5.03. The van der Waals surface area contributed by atoms with Crippen molar-refractivity contribution in [1.82, 2.24) is 14.5 Å². The van der Waals surface area contributed by atoms with Gasteiger partial charge >= 0.3 is 0 Å². The summed E-state index contributed by atoms with van der Waals surface area (Å²) in [6.07, 6.45) is 7.42. The summed E-state index contributed by atoms with van der Waals surface area (Å²) in [6.45, 7) is 8.00. The number of nitrogens with one attached hydrogen (secondary N) is 1. The molecule has 0 saturated heterocycles. The standard InChI is InChI=1S/C24H26N4O2/c1-4-29-23-13-19-21(9-10-26-22(19)14-24(23)30-5-2)27-20-8-6-7-18(17(20)3)15-28-12-11-25-16-28/h6-14,16H,4-5,15H2,1-3H3,(H,26,27). The third-order valence-corrected chi connectivity index (χ3v) is 5.03. The molecule has 0 saturated carbocycles. The Balaban J connectivity index is 1.71. The van der Waals surface area contributed by atoms with E-state index in [2.05, 4.69) is 45.0 Å². The Kier molecular flexibility index (Phi) is 5.84. The number of imidazole rings is 1. The van der Waals surface area contributed by atoms with E-state index in [1.54, 1.807) is 6.20 Å². The van der Waals surface area contributed by atoms with E-state index in [-0.39, 0.29) is 0 Å². The van der Waals surface area contributed by atoms with Crippen LogP contribution >= 0.6 is 0 Å². The van der Waals surface area contributed by atoms with Gasteiger partial charge in [0, 0.05) is 48.0 Å². The number of hydrogen-bond donors (Lipinski definition) is 1. The molecule has 0 atom stereocenters. The van der Waals surface area contributed by atoms with E-state index in [4.69, 9.17) is 9.47 Å². The van der Waals surface area contributed by atoms with Gasteiger partial charge in [0.05, 0.1) is 25.1 Å². The maximum atomic E-state index is 5.82. The number of ether oxygens (including phenoxy) is 2. The van der Waals surface area contributed by atoms with Crippen molar-refractivity contribution >= 4 is 22.3 Å². The average Bonchev–Trinajstić information content (AvgIpc) is 3.25. The van der Waals surface area contributed by atoms with E-state index in [0.717, 1.165) is 40.3 Å². The summed E-state index contributed by atoms with van der Waals surface area (Å²) in [5.74, 6) is 1.45. The van der Waals surface area contributed by atoms with Crippen LogP contribution in [0.15, 0.2) is 61.3 Å². The fraction of sp³-hybridized carbons (Fsp3) is 0.250. The third kappa shape index (κ3) is 4.08. The monoisotopic (exact) mass is 402 g/mol. The Morgan fingerprint density at radius 3 is 2.50 bits per heavy atom. The van der Waals surface area contributed by atoms with Gasteiger partial charge in [-0.25, -0.2) is 4.98 Å². The van der Waals surface area contributed by atoms with Crippen molar-refractivity contribution in [2.75, 3.05) is 18.5 Å². The number of pyridine rings is 1. The maximum Gasteiger partial charge on any atom is 0.163 e. The summed E-state index contributed by atoms with van der Waals surface area (Å²) in [5.41, 5.74) is 5.34. The molecule has 4 rings (SSSR count). The van der Waals surface area contributed by atoms with E-state index >= 15 is 0 Å². The minimum Gasteiger partial charge on any atom is -0.490 e. The van der Waals surface area contributed by atoms with Gasteiger partial charge in [-0.15, -0.1) is 0 Å². The number of aromatic nitrogens is 3. The zero-order valence-corrected chi connectivity index (χ0v) is 17.6. The van der Waals surface area contributed by atoms with Gasteiger partial charge in [-0.1, -0.05) is 12.1 Å². The highest BCUT2D eigenvalue weighted by Crippen LogP contribution is 2.36. The second kappa shape index (κ2) is 8.86. The van der Waals surface area contributed by atoms with Crippen LogP contribution in [0.3, 0.4) is 0 Å². The Hall–Kier alpha value is -3.54. The fourth-order valence-electron chi connectivity index (χ4n) is 3.51. The Bertz CT molecular complexity index is 1140. The first-order chi connectivity index (χ1) is 14.7. The lowest BCUT2D eigenvalue weighted by Crippen LogP contribution is -2.03. The van der Waals surface area contributed by atoms with Crippen LogP contribution in [0.4, 0.5) is 11.4 Å². The number of benzene rings is 2. The number of fused-ring (bicyclic) bond motifs is 1. The quantitative estimate of drug-likeness (QED) is 0.432. The summed E-state index contributed by atoms with van der Waals surface area (Å²) in [4.78, 5) is 8.67. The molecule has 0 aliphatic heterocycles. The van der Waals surface area contributed by atoms with Crippen LogP contribution < -0.4 is 14.8 Å². The van der Waals surface area contributed by atoms with Crippen molar-refractivity contribution in [2.45, 2.75) is 27.3 Å². The number of rotatable bonds is 8. The smallest absolute Gasteiger partial charge is 0.163 e. The number of nitrogens with zero attached hydrogens (tertiary/aromatic N) is 3. The summed E-state index contributed by atoms with van der Waals surface area (Å²) >= 11 is 0. The molecular weight excluding hydrogens is 376 g/mol. The van der Waals surface area contributed by atoms with Gasteiger partial charge in [-0.05, 0) is 50.1 Å². The molecule has 1 N–H and O–H groups in total. The number of hydrogen-bond acceptors (Lipinski definition) is 5. The second-order valence-electron chi connectivity index (χ2n) is 6.99. The number of anilines is 2.